The molecule has 0 atom stereocenters. The average Bonchev–Trinajstić information content (AvgIpc) is 3.33. The predicted octanol–water partition coefficient (Wildman–Crippen LogP) is 5.31. The third kappa shape index (κ3) is 4.64. The summed E-state index contributed by atoms with van der Waals surface area (Å²) in [7, 11) is 0. The van der Waals surface area contributed by atoms with E-state index in [9.17, 15) is 13.2 Å². The van der Waals surface area contributed by atoms with Crippen LogP contribution in [0.25, 0.3) is 11.5 Å². The van der Waals surface area contributed by atoms with Crippen LogP contribution in [-0.4, -0.2) is 29.1 Å². The van der Waals surface area contributed by atoms with Crippen LogP contribution in [-0.2, 0) is 12.7 Å². The number of furan rings is 1. The van der Waals surface area contributed by atoms with Crippen molar-refractivity contribution in [2.45, 2.75) is 38.6 Å². The molecule has 3 heterocycles. The van der Waals surface area contributed by atoms with Crippen molar-refractivity contribution < 1.29 is 26.7 Å². The van der Waals surface area contributed by atoms with E-state index >= 15 is 0 Å². The van der Waals surface area contributed by atoms with Crippen molar-refractivity contribution in [3.8, 4) is 17.2 Å². The van der Waals surface area contributed by atoms with Crippen LogP contribution in [0.2, 0.25) is 0 Å². The molecule has 0 spiro atoms. The van der Waals surface area contributed by atoms with Crippen molar-refractivity contribution in [2.24, 2.45) is 0 Å². The topological polar surface area (TPSA) is 51.6 Å². The van der Waals surface area contributed by atoms with Crippen LogP contribution in [0.4, 0.5) is 13.2 Å². The number of hydrogen-bond acceptors (Lipinski definition) is 5. The van der Waals surface area contributed by atoms with Gasteiger partial charge in [0.2, 0.25) is 5.89 Å². The van der Waals surface area contributed by atoms with E-state index in [2.05, 4.69) is 9.88 Å². The van der Waals surface area contributed by atoms with E-state index in [0.717, 1.165) is 55.1 Å². The minimum Gasteiger partial charge on any atom is -0.490 e. The summed E-state index contributed by atoms with van der Waals surface area (Å²) in [5.41, 5.74) is 0.980. The minimum absolute atomic E-state index is 0.102. The van der Waals surface area contributed by atoms with Crippen LogP contribution in [0.15, 0.2) is 51.7 Å². The molecule has 0 bridgehead atoms. The molecule has 1 aliphatic rings. The van der Waals surface area contributed by atoms with Crippen LogP contribution in [0.5, 0.6) is 5.75 Å². The van der Waals surface area contributed by atoms with Crippen molar-refractivity contribution in [1.29, 1.82) is 0 Å². The van der Waals surface area contributed by atoms with Gasteiger partial charge in [0.05, 0.1) is 23.1 Å². The second-order valence-electron chi connectivity index (χ2n) is 7.15. The highest BCUT2D eigenvalue weighted by Crippen LogP contribution is 2.32. The summed E-state index contributed by atoms with van der Waals surface area (Å²) in [6.45, 7) is 4.09. The average molecular weight is 406 g/mol. The van der Waals surface area contributed by atoms with Gasteiger partial charge in [0.15, 0.2) is 0 Å². The van der Waals surface area contributed by atoms with Gasteiger partial charge < -0.3 is 13.6 Å². The zero-order chi connectivity index (χ0) is 20.4. The fraction of sp³-hybridized carbons (Fsp3) is 0.381. The number of benzene rings is 1. The van der Waals surface area contributed by atoms with Crippen molar-refractivity contribution >= 4 is 0 Å². The van der Waals surface area contributed by atoms with E-state index in [-0.39, 0.29) is 11.9 Å². The number of hydrogen-bond donors (Lipinski definition) is 0. The molecule has 0 amide bonds. The highest BCUT2D eigenvalue weighted by Gasteiger charge is 2.31. The van der Waals surface area contributed by atoms with Crippen molar-refractivity contribution in [3.05, 3.63) is 59.9 Å². The molecule has 1 aromatic carbocycles. The Bertz CT molecular complexity index is 942. The first-order chi connectivity index (χ1) is 13.9. The van der Waals surface area contributed by atoms with Gasteiger partial charge in [0.25, 0.3) is 0 Å². The molecule has 5 nitrogen and oxygen atoms in total. The van der Waals surface area contributed by atoms with E-state index in [0.29, 0.717) is 12.4 Å². The van der Waals surface area contributed by atoms with Crippen LogP contribution >= 0.6 is 0 Å². The Morgan fingerprint density at radius 3 is 2.69 bits per heavy atom. The third-order valence-corrected chi connectivity index (χ3v) is 5.03. The lowest BCUT2D eigenvalue weighted by Gasteiger charge is -2.31. The number of alkyl halides is 3. The van der Waals surface area contributed by atoms with Crippen LogP contribution in [0.3, 0.4) is 0 Å². The summed E-state index contributed by atoms with van der Waals surface area (Å²) in [5.74, 6) is 1.56. The Morgan fingerprint density at radius 2 is 2.00 bits per heavy atom. The third-order valence-electron chi connectivity index (χ3n) is 5.03. The van der Waals surface area contributed by atoms with Crippen LogP contribution in [0, 0.1) is 6.92 Å². The van der Waals surface area contributed by atoms with Crippen molar-refractivity contribution in [1.82, 2.24) is 9.88 Å². The molecule has 4 rings (SSSR count). The molecule has 0 N–H and O–H groups in total. The lowest BCUT2D eigenvalue weighted by molar-refractivity contribution is -0.137. The van der Waals surface area contributed by atoms with Crippen LogP contribution < -0.4 is 4.74 Å². The molecule has 1 fully saturated rings. The molecule has 0 aliphatic carbocycles. The minimum atomic E-state index is -4.37. The number of oxazole rings is 1. The molecule has 1 aliphatic heterocycles. The van der Waals surface area contributed by atoms with E-state index in [4.69, 9.17) is 13.6 Å². The summed E-state index contributed by atoms with van der Waals surface area (Å²) in [5, 5.41) is 0. The number of ether oxygens (including phenoxy) is 1. The maximum Gasteiger partial charge on any atom is 0.416 e. The quantitative estimate of drug-likeness (QED) is 0.575. The van der Waals surface area contributed by atoms with Crippen LogP contribution in [0.1, 0.15) is 29.9 Å². The molecule has 0 saturated carbocycles. The number of nitrogens with zero attached hydrogens (tertiary/aromatic N) is 2. The number of aromatic nitrogens is 1. The lowest BCUT2D eigenvalue weighted by Crippen LogP contribution is -2.38. The molecule has 0 unspecified atom stereocenters. The zero-order valence-electron chi connectivity index (χ0n) is 15.9. The standard InChI is InChI=1S/C21H21F3N2O3/c1-14-19(25-20(28-14)15-7-10-27-13-15)12-26-8-5-17(6-9-26)29-18-4-2-3-16(11-18)21(22,23)24/h2-4,7,10-11,13,17H,5-6,8-9,12H2,1H3. The van der Waals surface area contributed by atoms with Gasteiger partial charge in [-0.25, -0.2) is 4.98 Å². The summed E-state index contributed by atoms with van der Waals surface area (Å²) in [4.78, 5) is 6.81. The van der Waals surface area contributed by atoms with Gasteiger partial charge >= 0.3 is 6.18 Å². The monoisotopic (exact) mass is 406 g/mol. The maximum atomic E-state index is 12.8. The summed E-state index contributed by atoms with van der Waals surface area (Å²) < 4.78 is 55.1. The molecule has 8 heteroatoms. The highest BCUT2D eigenvalue weighted by atomic mass is 19.4. The molecule has 154 valence electrons. The maximum absolute atomic E-state index is 12.8. The van der Waals surface area contributed by atoms with E-state index < -0.39 is 11.7 Å². The van der Waals surface area contributed by atoms with Crippen molar-refractivity contribution in [2.75, 3.05) is 13.1 Å². The number of rotatable bonds is 5. The zero-order valence-corrected chi connectivity index (χ0v) is 15.9. The van der Waals surface area contributed by atoms with E-state index in [1.807, 2.05) is 6.92 Å². The summed E-state index contributed by atoms with van der Waals surface area (Å²) >= 11 is 0. The fourth-order valence-corrected chi connectivity index (χ4v) is 3.42. The predicted molar refractivity (Wildman–Crippen MR) is 99.3 cm³/mol. The van der Waals surface area contributed by atoms with Gasteiger partial charge in [0, 0.05) is 19.6 Å². The van der Waals surface area contributed by atoms with Gasteiger partial charge in [0.1, 0.15) is 23.9 Å². The second kappa shape index (κ2) is 7.94. The van der Waals surface area contributed by atoms with Gasteiger partial charge in [-0.1, -0.05) is 6.07 Å². The largest absolute Gasteiger partial charge is 0.490 e. The van der Waals surface area contributed by atoms with Gasteiger partial charge in [-0.3, -0.25) is 4.90 Å². The Morgan fingerprint density at radius 1 is 1.21 bits per heavy atom. The summed E-state index contributed by atoms with van der Waals surface area (Å²) in [6, 6.07) is 6.84. The van der Waals surface area contributed by atoms with Gasteiger partial charge in [-0.05, 0) is 44.0 Å². The smallest absolute Gasteiger partial charge is 0.416 e. The first-order valence-electron chi connectivity index (χ1n) is 9.43. The van der Waals surface area contributed by atoms with Gasteiger partial charge in [-0.15, -0.1) is 0 Å². The Hall–Kier alpha value is -2.74. The van der Waals surface area contributed by atoms with E-state index in [1.165, 1.54) is 6.07 Å². The Balaban J connectivity index is 1.32. The summed E-state index contributed by atoms with van der Waals surface area (Å²) in [6.07, 6.45) is 0.168. The van der Waals surface area contributed by atoms with Crippen molar-refractivity contribution in [3.63, 3.8) is 0 Å². The highest BCUT2D eigenvalue weighted by molar-refractivity contribution is 5.51. The first kappa shape index (κ1) is 19.6. The molecular weight excluding hydrogens is 385 g/mol. The van der Waals surface area contributed by atoms with E-state index in [1.54, 1.807) is 24.7 Å². The SMILES string of the molecule is Cc1oc(-c2ccoc2)nc1CN1CCC(Oc2cccc(C(F)(F)F)c2)CC1. The lowest BCUT2D eigenvalue weighted by atomic mass is 10.1. The molecule has 1 saturated heterocycles. The number of aryl methyl sites for hydroxylation is 1. The fourth-order valence-electron chi connectivity index (χ4n) is 3.42. The molecule has 0 radical (unpaired) electrons. The number of piperidine rings is 1. The number of likely N-dealkylation sites (tertiary alicyclic amines) is 1. The Kier molecular flexibility index (Phi) is 5.36. The van der Waals surface area contributed by atoms with Gasteiger partial charge in [-0.2, -0.15) is 13.2 Å². The first-order valence-corrected chi connectivity index (χ1v) is 9.43. The second-order valence-corrected chi connectivity index (χ2v) is 7.15. The molecule has 2 aromatic heterocycles. The molecular formula is C21H21F3N2O3. The molecule has 3 aromatic rings. The number of halogens is 3. The Labute approximate surface area is 166 Å². The normalized spacial score (nSPS) is 16.3. The molecule has 29 heavy (non-hydrogen) atoms.